The molecule has 1 aliphatic heterocycles. The lowest BCUT2D eigenvalue weighted by Crippen LogP contribution is -2.52. The zero-order chi connectivity index (χ0) is 21.1. The summed E-state index contributed by atoms with van der Waals surface area (Å²) in [4.78, 5) is 45.7. The van der Waals surface area contributed by atoms with Crippen LogP contribution in [0.25, 0.3) is 11.4 Å². The highest BCUT2D eigenvalue weighted by Crippen LogP contribution is 2.19. The van der Waals surface area contributed by atoms with Gasteiger partial charge < -0.3 is 19.9 Å². The van der Waals surface area contributed by atoms with Crippen LogP contribution in [-0.4, -0.2) is 46.6 Å². The Morgan fingerprint density at radius 1 is 1.28 bits per heavy atom. The number of nitrogens with one attached hydrogen (secondary N) is 2. The molecule has 0 fully saturated rings. The van der Waals surface area contributed by atoms with Crippen LogP contribution < -0.4 is 10.9 Å². The van der Waals surface area contributed by atoms with E-state index in [1.807, 2.05) is 13.8 Å². The molecule has 0 saturated heterocycles. The summed E-state index contributed by atoms with van der Waals surface area (Å²) in [6, 6.07) is 4.43. The molecule has 2 aromatic rings. The van der Waals surface area contributed by atoms with E-state index in [0.29, 0.717) is 35.6 Å². The number of hydrogen-bond acceptors (Lipinski definition) is 5. The summed E-state index contributed by atoms with van der Waals surface area (Å²) >= 11 is 0. The highest BCUT2D eigenvalue weighted by molar-refractivity contribution is 5.83. The van der Waals surface area contributed by atoms with Crippen molar-refractivity contribution >= 4 is 12.0 Å². The first-order chi connectivity index (χ1) is 13.8. The van der Waals surface area contributed by atoms with Gasteiger partial charge in [0.05, 0.1) is 19.3 Å². The summed E-state index contributed by atoms with van der Waals surface area (Å²) < 4.78 is 17.9. The molecule has 29 heavy (non-hydrogen) atoms. The molecule has 1 aromatic carbocycles. The van der Waals surface area contributed by atoms with E-state index in [1.165, 1.54) is 36.3 Å². The van der Waals surface area contributed by atoms with E-state index in [4.69, 9.17) is 4.74 Å². The molecule has 0 spiro atoms. The number of benzene rings is 1. The topological polar surface area (TPSA) is 104 Å². The number of H-pyrrole nitrogens is 1. The third-order valence-corrected chi connectivity index (χ3v) is 4.88. The molecule has 154 valence electrons. The summed E-state index contributed by atoms with van der Waals surface area (Å²) in [7, 11) is 1.27. The average molecular weight is 402 g/mol. The Kier molecular flexibility index (Phi) is 5.95. The van der Waals surface area contributed by atoms with Crippen LogP contribution >= 0.6 is 0 Å². The van der Waals surface area contributed by atoms with E-state index in [1.54, 1.807) is 0 Å². The maximum absolute atomic E-state index is 13.2. The predicted molar refractivity (Wildman–Crippen MR) is 104 cm³/mol. The van der Waals surface area contributed by atoms with Crippen molar-refractivity contribution in [1.29, 1.82) is 0 Å². The standard InChI is InChI=1S/C20H23FN4O4/c1-11(2)16(19(27)29-3)23-20(28)25-9-8-14-15(10-25)22-17(24-18(14)26)12-4-6-13(21)7-5-12/h4-7,11,16H,8-10H2,1-3H3,(H,23,28)(H,22,24,26). The Morgan fingerprint density at radius 2 is 1.97 bits per heavy atom. The van der Waals surface area contributed by atoms with Crippen molar-refractivity contribution in [2.45, 2.75) is 32.9 Å². The monoisotopic (exact) mass is 402 g/mol. The van der Waals surface area contributed by atoms with Crippen LogP contribution in [0.2, 0.25) is 0 Å². The number of halogens is 1. The van der Waals surface area contributed by atoms with Crippen molar-refractivity contribution in [3.8, 4) is 11.4 Å². The zero-order valence-electron chi connectivity index (χ0n) is 16.5. The van der Waals surface area contributed by atoms with E-state index in [0.717, 1.165) is 0 Å². The van der Waals surface area contributed by atoms with Gasteiger partial charge in [-0.15, -0.1) is 0 Å². The van der Waals surface area contributed by atoms with Crippen LogP contribution in [-0.2, 0) is 22.5 Å². The number of aromatic amines is 1. The minimum Gasteiger partial charge on any atom is -0.467 e. The number of hydrogen-bond donors (Lipinski definition) is 2. The van der Waals surface area contributed by atoms with Crippen molar-refractivity contribution in [2.24, 2.45) is 5.92 Å². The van der Waals surface area contributed by atoms with Crippen molar-refractivity contribution in [2.75, 3.05) is 13.7 Å². The second-order valence-electron chi connectivity index (χ2n) is 7.21. The van der Waals surface area contributed by atoms with Crippen LogP contribution in [0, 0.1) is 11.7 Å². The van der Waals surface area contributed by atoms with E-state index < -0.39 is 18.0 Å². The zero-order valence-corrected chi connectivity index (χ0v) is 16.5. The van der Waals surface area contributed by atoms with Gasteiger partial charge in [0.1, 0.15) is 17.7 Å². The largest absolute Gasteiger partial charge is 0.467 e. The predicted octanol–water partition coefficient (Wildman–Crippen LogP) is 1.84. The van der Waals surface area contributed by atoms with Crippen LogP contribution in [0.1, 0.15) is 25.1 Å². The first-order valence-electron chi connectivity index (χ1n) is 9.31. The van der Waals surface area contributed by atoms with Gasteiger partial charge in [-0.1, -0.05) is 13.8 Å². The Morgan fingerprint density at radius 3 is 2.59 bits per heavy atom. The van der Waals surface area contributed by atoms with E-state index in [9.17, 15) is 18.8 Å². The first-order valence-corrected chi connectivity index (χ1v) is 9.31. The fourth-order valence-corrected chi connectivity index (χ4v) is 3.21. The van der Waals surface area contributed by atoms with Crippen molar-refractivity contribution < 1.29 is 18.7 Å². The number of ether oxygens (including phenoxy) is 1. The molecule has 1 unspecified atom stereocenters. The third-order valence-electron chi connectivity index (χ3n) is 4.88. The summed E-state index contributed by atoms with van der Waals surface area (Å²) in [6.07, 6.45) is 0.347. The molecule has 2 amide bonds. The number of rotatable bonds is 4. The molecule has 1 atom stereocenters. The van der Waals surface area contributed by atoms with Gasteiger partial charge in [0.2, 0.25) is 0 Å². The Labute approximate surface area is 167 Å². The minimum absolute atomic E-state index is 0.130. The molecule has 0 radical (unpaired) electrons. The fourth-order valence-electron chi connectivity index (χ4n) is 3.21. The molecule has 3 rings (SSSR count). The summed E-state index contributed by atoms with van der Waals surface area (Å²) in [5.41, 5.74) is 1.30. The lowest BCUT2D eigenvalue weighted by atomic mass is 10.0. The number of urea groups is 1. The van der Waals surface area contributed by atoms with Gasteiger partial charge in [-0.3, -0.25) is 4.79 Å². The third kappa shape index (κ3) is 4.44. The molecule has 1 aromatic heterocycles. The Bertz CT molecular complexity index is 971. The Balaban J connectivity index is 1.82. The van der Waals surface area contributed by atoms with Crippen LogP contribution in [0.5, 0.6) is 0 Å². The normalized spacial score (nSPS) is 14.3. The first kappa shape index (κ1) is 20.5. The van der Waals surface area contributed by atoms with E-state index in [2.05, 4.69) is 15.3 Å². The van der Waals surface area contributed by atoms with E-state index >= 15 is 0 Å². The Hall–Kier alpha value is -3.23. The van der Waals surface area contributed by atoms with Gasteiger partial charge in [0, 0.05) is 17.7 Å². The maximum Gasteiger partial charge on any atom is 0.328 e. The van der Waals surface area contributed by atoms with E-state index in [-0.39, 0.29) is 23.8 Å². The van der Waals surface area contributed by atoms with Crippen LogP contribution in [0.15, 0.2) is 29.1 Å². The molecule has 2 N–H and O–H groups in total. The van der Waals surface area contributed by atoms with Crippen molar-refractivity contribution in [3.05, 3.63) is 51.7 Å². The SMILES string of the molecule is COC(=O)C(NC(=O)N1CCc2c(nc(-c3ccc(F)cc3)[nH]c2=O)C1)C(C)C. The molecular weight excluding hydrogens is 379 g/mol. The van der Waals surface area contributed by atoms with Gasteiger partial charge in [-0.05, 0) is 36.6 Å². The number of carbonyl (C=O) groups is 2. The molecular formula is C20H23FN4O4. The van der Waals surface area contributed by atoms with Gasteiger partial charge in [0.25, 0.3) is 5.56 Å². The van der Waals surface area contributed by atoms with Gasteiger partial charge in [-0.2, -0.15) is 0 Å². The lowest BCUT2D eigenvalue weighted by Gasteiger charge is -2.30. The number of fused-ring (bicyclic) bond motifs is 1. The molecule has 9 heteroatoms. The number of methoxy groups -OCH3 is 1. The number of carbonyl (C=O) groups excluding carboxylic acids is 2. The quantitative estimate of drug-likeness (QED) is 0.760. The summed E-state index contributed by atoms with van der Waals surface area (Å²) in [6.45, 7) is 4.07. The molecule has 8 nitrogen and oxygen atoms in total. The molecule has 0 saturated carbocycles. The second-order valence-corrected chi connectivity index (χ2v) is 7.21. The highest BCUT2D eigenvalue weighted by atomic mass is 19.1. The van der Waals surface area contributed by atoms with Gasteiger partial charge >= 0.3 is 12.0 Å². The van der Waals surface area contributed by atoms with Crippen LogP contribution in [0.3, 0.4) is 0 Å². The average Bonchev–Trinajstić information content (AvgIpc) is 2.71. The van der Waals surface area contributed by atoms with Gasteiger partial charge in [0.15, 0.2) is 0 Å². The second kappa shape index (κ2) is 8.42. The molecule has 1 aliphatic rings. The fraction of sp³-hybridized carbons (Fsp3) is 0.400. The maximum atomic E-state index is 13.2. The molecule has 0 aliphatic carbocycles. The molecule has 2 heterocycles. The van der Waals surface area contributed by atoms with Crippen LogP contribution in [0.4, 0.5) is 9.18 Å². The smallest absolute Gasteiger partial charge is 0.328 e. The van der Waals surface area contributed by atoms with Gasteiger partial charge in [-0.25, -0.2) is 19.0 Å². The number of amides is 2. The van der Waals surface area contributed by atoms with Crippen molar-refractivity contribution in [3.63, 3.8) is 0 Å². The summed E-state index contributed by atoms with van der Waals surface area (Å²) in [5.74, 6) is -0.735. The summed E-state index contributed by atoms with van der Waals surface area (Å²) in [5, 5.41) is 2.69. The highest BCUT2D eigenvalue weighted by Gasteiger charge is 2.30. The number of esters is 1. The lowest BCUT2D eigenvalue weighted by molar-refractivity contribution is -0.144. The molecule has 0 bridgehead atoms. The number of nitrogens with zero attached hydrogens (tertiary/aromatic N) is 2. The minimum atomic E-state index is -0.768. The van der Waals surface area contributed by atoms with Crippen molar-refractivity contribution in [1.82, 2.24) is 20.2 Å². The number of aromatic nitrogens is 2.